The molecule has 0 aromatic heterocycles. The van der Waals surface area contributed by atoms with Crippen molar-refractivity contribution in [2.24, 2.45) is 5.10 Å². The molecule has 0 aliphatic heterocycles. The summed E-state index contributed by atoms with van der Waals surface area (Å²) in [4.78, 5) is 12.2. The Kier molecular flexibility index (Phi) is 4.26. The van der Waals surface area contributed by atoms with Gasteiger partial charge in [-0.3, -0.25) is 4.79 Å². The highest BCUT2D eigenvalue weighted by atomic mass is 35.5. The molecule has 0 aliphatic rings. The number of carbonyl (C=O) groups excluding carboxylic acids is 1. The zero-order valence-electron chi connectivity index (χ0n) is 12.0. The van der Waals surface area contributed by atoms with Crippen LogP contribution >= 0.6 is 11.6 Å². The molecule has 3 aromatic carbocycles. The first-order chi connectivity index (χ1) is 11.1. The van der Waals surface area contributed by atoms with Gasteiger partial charge >= 0.3 is 0 Å². The topological polar surface area (TPSA) is 61.7 Å². The van der Waals surface area contributed by atoms with Crippen LogP contribution in [0.2, 0.25) is 5.02 Å². The van der Waals surface area contributed by atoms with Gasteiger partial charge in [-0.25, -0.2) is 5.43 Å². The van der Waals surface area contributed by atoms with Crippen molar-refractivity contribution < 1.29 is 9.90 Å². The molecule has 4 nitrogen and oxygen atoms in total. The first kappa shape index (κ1) is 15.1. The molecule has 0 heterocycles. The van der Waals surface area contributed by atoms with E-state index in [2.05, 4.69) is 10.5 Å². The van der Waals surface area contributed by atoms with Crippen LogP contribution in [0.1, 0.15) is 15.9 Å². The quantitative estimate of drug-likeness (QED) is 0.566. The summed E-state index contributed by atoms with van der Waals surface area (Å²) in [5.41, 5.74) is 3.34. The van der Waals surface area contributed by atoms with Gasteiger partial charge in [0.25, 0.3) is 5.91 Å². The Hall–Kier alpha value is -2.85. The maximum absolute atomic E-state index is 12.2. The smallest absolute Gasteiger partial charge is 0.275 e. The zero-order chi connectivity index (χ0) is 16.2. The number of aromatic hydroxyl groups is 1. The summed E-state index contributed by atoms with van der Waals surface area (Å²) >= 11 is 5.88. The first-order valence-corrected chi connectivity index (χ1v) is 7.32. The van der Waals surface area contributed by atoms with Crippen LogP contribution in [0.4, 0.5) is 0 Å². The van der Waals surface area contributed by atoms with Gasteiger partial charge in [0.2, 0.25) is 0 Å². The summed E-state index contributed by atoms with van der Waals surface area (Å²) in [6.45, 7) is 0. The Morgan fingerprint density at radius 3 is 2.52 bits per heavy atom. The molecular weight excluding hydrogens is 312 g/mol. The third kappa shape index (κ3) is 3.49. The Labute approximate surface area is 138 Å². The summed E-state index contributed by atoms with van der Waals surface area (Å²) in [7, 11) is 0. The molecule has 23 heavy (non-hydrogen) atoms. The van der Waals surface area contributed by atoms with Gasteiger partial charge in [-0.1, -0.05) is 48.0 Å². The molecule has 114 valence electrons. The number of hydrogen-bond acceptors (Lipinski definition) is 3. The molecule has 0 saturated heterocycles. The number of hydrazone groups is 1. The van der Waals surface area contributed by atoms with Crippen molar-refractivity contribution >= 4 is 34.5 Å². The zero-order valence-corrected chi connectivity index (χ0v) is 12.8. The van der Waals surface area contributed by atoms with Crippen molar-refractivity contribution in [2.45, 2.75) is 0 Å². The molecule has 3 aromatic rings. The van der Waals surface area contributed by atoms with Crippen LogP contribution in [0.15, 0.2) is 65.8 Å². The summed E-state index contributed by atoms with van der Waals surface area (Å²) in [6, 6.07) is 17.8. The molecule has 0 spiro atoms. The number of rotatable bonds is 3. The molecule has 1 amide bonds. The second-order valence-electron chi connectivity index (χ2n) is 4.97. The van der Waals surface area contributed by atoms with Crippen LogP contribution in [0, 0.1) is 0 Å². The maximum atomic E-state index is 12.2. The highest BCUT2D eigenvalue weighted by Gasteiger charge is 2.11. The van der Waals surface area contributed by atoms with Crippen LogP contribution in [0.25, 0.3) is 10.8 Å². The number of halogens is 1. The monoisotopic (exact) mass is 324 g/mol. The van der Waals surface area contributed by atoms with Crippen LogP contribution in [0.3, 0.4) is 0 Å². The van der Waals surface area contributed by atoms with E-state index in [9.17, 15) is 9.90 Å². The lowest BCUT2D eigenvalue weighted by molar-refractivity contribution is 0.0952. The van der Waals surface area contributed by atoms with E-state index in [1.165, 1.54) is 6.21 Å². The molecule has 0 bridgehead atoms. The number of carbonyl (C=O) groups is 1. The standard InChI is InChI=1S/C18H13ClN2O2/c19-15-7-3-4-12(8-15)11-20-21-18(23)16-9-13-5-1-2-6-14(13)10-17(16)22/h1-11,22H,(H,21,23)/b20-11-. The minimum absolute atomic E-state index is 0.0841. The average molecular weight is 325 g/mol. The van der Waals surface area contributed by atoms with Crippen molar-refractivity contribution in [1.29, 1.82) is 0 Å². The molecule has 5 heteroatoms. The van der Waals surface area contributed by atoms with Gasteiger partial charge in [-0.2, -0.15) is 5.10 Å². The summed E-state index contributed by atoms with van der Waals surface area (Å²) < 4.78 is 0. The lowest BCUT2D eigenvalue weighted by Gasteiger charge is -2.05. The van der Waals surface area contributed by atoms with Gasteiger partial charge in [0, 0.05) is 5.02 Å². The van der Waals surface area contributed by atoms with Gasteiger partial charge in [0.1, 0.15) is 5.75 Å². The SMILES string of the molecule is O=C(N/N=C\c1cccc(Cl)c1)c1cc2ccccc2cc1O. The molecule has 0 fully saturated rings. The molecule has 0 saturated carbocycles. The van der Waals surface area contributed by atoms with Gasteiger partial charge in [-0.05, 0) is 40.6 Å². The van der Waals surface area contributed by atoms with Gasteiger partial charge < -0.3 is 5.11 Å². The van der Waals surface area contributed by atoms with E-state index in [1.807, 2.05) is 30.3 Å². The van der Waals surface area contributed by atoms with Crippen LogP contribution in [-0.4, -0.2) is 17.2 Å². The van der Waals surface area contributed by atoms with Gasteiger partial charge in [0.15, 0.2) is 0 Å². The van der Waals surface area contributed by atoms with Crippen molar-refractivity contribution in [3.63, 3.8) is 0 Å². The normalized spacial score (nSPS) is 11.0. The Morgan fingerprint density at radius 1 is 1.04 bits per heavy atom. The summed E-state index contributed by atoms with van der Waals surface area (Å²) in [6.07, 6.45) is 1.49. The number of nitrogens with zero attached hydrogens (tertiary/aromatic N) is 1. The van der Waals surface area contributed by atoms with Crippen LogP contribution in [-0.2, 0) is 0 Å². The van der Waals surface area contributed by atoms with E-state index in [0.717, 1.165) is 16.3 Å². The largest absolute Gasteiger partial charge is 0.507 e. The van der Waals surface area contributed by atoms with Gasteiger partial charge in [-0.15, -0.1) is 0 Å². The Balaban J connectivity index is 1.79. The number of fused-ring (bicyclic) bond motifs is 1. The molecule has 0 atom stereocenters. The maximum Gasteiger partial charge on any atom is 0.275 e. The Morgan fingerprint density at radius 2 is 1.78 bits per heavy atom. The fourth-order valence-electron chi connectivity index (χ4n) is 2.22. The molecular formula is C18H13ClN2O2. The number of phenols is 1. The molecule has 0 radical (unpaired) electrons. The number of phenolic OH excluding ortho intramolecular Hbond substituents is 1. The van der Waals surface area contributed by atoms with Crippen LogP contribution < -0.4 is 5.43 Å². The molecule has 0 aliphatic carbocycles. The lowest BCUT2D eigenvalue weighted by Crippen LogP contribution is -2.17. The predicted octanol–water partition coefficient (Wildman–Crippen LogP) is 3.96. The van der Waals surface area contributed by atoms with E-state index < -0.39 is 5.91 Å². The van der Waals surface area contributed by atoms with E-state index in [-0.39, 0.29) is 11.3 Å². The first-order valence-electron chi connectivity index (χ1n) is 6.94. The molecule has 0 unspecified atom stereocenters. The van der Waals surface area contributed by atoms with E-state index in [1.54, 1.807) is 30.3 Å². The summed E-state index contributed by atoms with van der Waals surface area (Å²) in [5.74, 6) is -0.564. The van der Waals surface area contributed by atoms with Crippen LogP contribution in [0.5, 0.6) is 5.75 Å². The third-order valence-corrected chi connectivity index (χ3v) is 3.57. The predicted molar refractivity (Wildman–Crippen MR) is 92.1 cm³/mol. The number of amides is 1. The molecule has 2 N–H and O–H groups in total. The fraction of sp³-hybridized carbons (Fsp3) is 0. The van der Waals surface area contributed by atoms with Crippen molar-refractivity contribution in [1.82, 2.24) is 5.43 Å². The highest BCUT2D eigenvalue weighted by molar-refractivity contribution is 6.30. The fourth-order valence-corrected chi connectivity index (χ4v) is 2.42. The number of hydrogen-bond donors (Lipinski definition) is 2. The van der Waals surface area contributed by atoms with Gasteiger partial charge in [0.05, 0.1) is 11.8 Å². The molecule has 3 rings (SSSR count). The number of benzene rings is 3. The minimum atomic E-state index is -0.480. The average Bonchev–Trinajstić information content (AvgIpc) is 2.54. The lowest BCUT2D eigenvalue weighted by atomic mass is 10.1. The Bertz CT molecular complexity index is 906. The third-order valence-electron chi connectivity index (χ3n) is 3.34. The minimum Gasteiger partial charge on any atom is -0.507 e. The van der Waals surface area contributed by atoms with E-state index in [0.29, 0.717) is 5.02 Å². The second-order valence-corrected chi connectivity index (χ2v) is 5.41. The van der Waals surface area contributed by atoms with Crippen molar-refractivity contribution in [2.75, 3.05) is 0 Å². The highest BCUT2D eigenvalue weighted by Crippen LogP contribution is 2.24. The second kappa shape index (κ2) is 6.50. The van der Waals surface area contributed by atoms with E-state index in [4.69, 9.17) is 11.6 Å². The summed E-state index contributed by atoms with van der Waals surface area (Å²) in [5, 5.41) is 16.2. The number of nitrogens with one attached hydrogen (secondary N) is 1. The van der Waals surface area contributed by atoms with Crippen molar-refractivity contribution in [3.05, 3.63) is 76.8 Å². The van der Waals surface area contributed by atoms with E-state index >= 15 is 0 Å². The van der Waals surface area contributed by atoms with Crippen molar-refractivity contribution in [3.8, 4) is 5.75 Å².